The SMILES string of the molecule is Cc1cc(SC#N)cc(C)c1NC(=O)COC(=O)CCN1C(=O)NC(C)(C)C1=O. The van der Waals surface area contributed by atoms with Crippen molar-refractivity contribution in [1.29, 1.82) is 5.26 Å². The van der Waals surface area contributed by atoms with Gasteiger partial charge in [0, 0.05) is 17.1 Å². The van der Waals surface area contributed by atoms with Crippen molar-refractivity contribution in [3.63, 3.8) is 0 Å². The van der Waals surface area contributed by atoms with Crippen molar-refractivity contribution in [2.24, 2.45) is 0 Å². The van der Waals surface area contributed by atoms with E-state index in [1.54, 1.807) is 39.8 Å². The number of urea groups is 1. The first kappa shape index (κ1) is 22.2. The summed E-state index contributed by atoms with van der Waals surface area (Å²) in [6.45, 7) is 6.14. The standard InChI is InChI=1S/C19H22N4O5S/c1-11-7-13(29-10-20)8-12(2)16(11)21-14(24)9-28-15(25)5-6-23-17(26)19(3,4)22-18(23)27/h7-8H,5-6,9H2,1-4H3,(H,21,24)(H,22,27). The number of nitriles is 1. The van der Waals surface area contributed by atoms with Crippen LogP contribution in [-0.2, 0) is 19.1 Å². The Morgan fingerprint density at radius 2 is 1.90 bits per heavy atom. The molecule has 4 amide bonds. The number of ether oxygens (including phenoxy) is 1. The zero-order chi connectivity index (χ0) is 21.8. The van der Waals surface area contributed by atoms with Gasteiger partial charge in [-0.1, -0.05) is 0 Å². The first-order valence-corrected chi connectivity index (χ1v) is 9.63. The zero-order valence-electron chi connectivity index (χ0n) is 16.6. The molecule has 0 saturated carbocycles. The number of carbonyl (C=O) groups is 4. The van der Waals surface area contributed by atoms with Gasteiger partial charge in [0.2, 0.25) is 0 Å². The molecule has 1 fully saturated rings. The van der Waals surface area contributed by atoms with E-state index < -0.39 is 36.0 Å². The maximum absolute atomic E-state index is 12.1. The van der Waals surface area contributed by atoms with Crippen molar-refractivity contribution >= 4 is 41.3 Å². The van der Waals surface area contributed by atoms with Gasteiger partial charge in [0.05, 0.1) is 6.42 Å². The van der Waals surface area contributed by atoms with Crippen molar-refractivity contribution in [3.8, 4) is 5.40 Å². The van der Waals surface area contributed by atoms with E-state index in [1.807, 2.05) is 5.40 Å². The predicted molar refractivity (Wildman–Crippen MR) is 106 cm³/mol. The largest absolute Gasteiger partial charge is 0.456 e. The van der Waals surface area contributed by atoms with Gasteiger partial charge in [-0.05, 0) is 62.7 Å². The lowest BCUT2D eigenvalue weighted by atomic mass is 10.1. The molecular formula is C19H22N4O5S. The number of hydrogen-bond donors (Lipinski definition) is 2. The van der Waals surface area contributed by atoms with Crippen molar-refractivity contribution in [3.05, 3.63) is 23.3 Å². The minimum atomic E-state index is -1.00. The smallest absolute Gasteiger partial charge is 0.325 e. The van der Waals surface area contributed by atoms with Gasteiger partial charge >= 0.3 is 12.0 Å². The van der Waals surface area contributed by atoms with E-state index in [-0.39, 0.29) is 13.0 Å². The maximum atomic E-state index is 12.1. The van der Waals surface area contributed by atoms with Crippen LogP contribution in [0.5, 0.6) is 0 Å². The molecular weight excluding hydrogens is 396 g/mol. The molecule has 0 atom stereocenters. The first-order valence-electron chi connectivity index (χ1n) is 8.82. The summed E-state index contributed by atoms with van der Waals surface area (Å²) < 4.78 is 4.93. The number of rotatable bonds is 7. The van der Waals surface area contributed by atoms with E-state index >= 15 is 0 Å². The molecule has 29 heavy (non-hydrogen) atoms. The number of thioether (sulfide) groups is 1. The number of aryl methyl sites for hydroxylation is 2. The number of esters is 1. The fourth-order valence-electron chi connectivity index (χ4n) is 2.85. The number of thiocyanates is 1. The van der Waals surface area contributed by atoms with Crippen LogP contribution in [0.2, 0.25) is 0 Å². The van der Waals surface area contributed by atoms with E-state index in [9.17, 15) is 19.2 Å². The summed E-state index contributed by atoms with van der Waals surface area (Å²) in [5.41, 5.74) is 1.15. The van der Waals surface area contributed by atoms with Crippen molar-refractivity contribution < 1.29 is 23.9 Å². The molecule has 2 rings (SSSR count). The van der Waals surface area contributed by atoms with Gasteiger partial charge in [0.15, 0.2) is 6.61 Å². The molecule has 1 saturated heterocycles. The fraction of sp³-hybridized carbons (Fsp3) is 0.421. The van der Waals surface area contributed by atoms with Crippen LogP contribution in [0, 0.1) is 24.5 Å². The van der Waals surface area contributed by atoms with Crippen LogP contribution >= 0.6 is 11.8 Å². The minimum absolute atomic E-state index is 0.120. The molecule has 0 aromatic heterocycles. The summed E-state index contributed by atoms with van der Waals surface area (Å²) in [6, 6.07) is 3.00. The number of hydrogen-bond acceptors (Lipinski definition) is 7. The average molecular weight is 418 g/mol. The fourth-order valence-corrected chi connectivity index (χ4v) is 3.43. The van der Waals surface area contributed by atoms with Crippen LogP contribution in [0.25, 0.3) is 0 Å². The van der Waals surface area contributed by atoms with E-state index in [0.717, 1.165) is 32.7 Å². The molecule has 0 bridgehead atoms. The normalized spacial score (nSPS) is 14.9. The van der Waals surface area contributed by atoms with Crippen LogP contribution in [-0.4, -0.2) is 47.4 Å². The molecule has 0 spiro atoms. The second kappa shape index (κ2) is 8.96. The van der Waals surface area contributed by atoms with Crippen LogP contribution in [0.4, 0.5) is 10.5 Å². The molecule has 9 nitrogen and oxygen atoms in total. The number of nitrogens with zero attached hydrogens (tertiary/aromatic N) is 2. The van der Waals surface area contributed by atoms with Crippen LogP contribution in [0.3, 0.4) is 0 Å². The topological polar surface area (TPSA) is 129 Å². The number of amides is 4. The van der Waals surface area contributed by atoms with Crippen molar-refractivity contribution in [2.75, 3.05) is 18.5 Å². The van der Waals surface area contributed by atoms with E-state index in [2.05, 4.69) is 10.6 Å². The second-order valence-electron chi connectivity index (χ2n) is 7.10. The average Bonchev–Trinajstić information content (AvgIpc) is 2.82. The number of carbonyl (C=O) groups excluding carboxylic acids is 4. The van der Waals surface area contributed by atoms with E-state index in [4.69, 9.17) is 10.00 Å². The summed E-state index contributed by atoms with van der Waals surface area (Å²) in [6.07, 6.45) is -0.208. The molecule has 0 aliphatic carbocycles. The summed E-state index contributed by atoms with van der Waals surface area (Å²) >= 11 is 1.03. The lowest BCUT2D eigenvalue weighted by Crippen LogP contribution is -2.40. The second-order valence-corrected chi connectivity index (χ2v) is 7.95. The highest BCUT2D eigenvalue weighted by Crippen LogP contribution is 2.27. The Morgan fingerprint density at radius 3 is 2.41 bits per heavy atom. The number of nitrogens with one attached hydrogen (secondary N) is 2. The molecule has 2 N–H and O–H groups in total. The molecule has 10 heteroatoms. The summed E-state index contributed by atoms with van der Waals surface area (Å²) in [5.74, 6) is -1.63. The molecule has 0 unspecified atom stereocenters. The zero-order valence-corrected chi connectivity index (χ0v) is 17.4. The first-order chi connectivity index (χ1) is 13.5. The third kappa shape index (κ3) is 5.48. The Morgan fingerprint density at radius 1 is 1.28 bits per heavy atom. The van der Waals surface area contributed by atoms with Crippen LogP contribution in [0.1, 0.15) is 31.4 Å². The molecule has 1 aromatic rings. The number of anilines is 1. The molecule has 1 aliphatic heterocycles. The Balaban J connectivity index is 1.84. The highest BCUT2D eigenvalue weighted by molar-refractivity contribution is 8.03. The van der Waals surface area contributed by atoms with Gasteiger partial charge in [-0.25, -0.2) is 4.79 Å². The predicted octanol–water partition coefficient (Wildman–Crippen LogP) is 2.08. The Hall–Kier alpha value is -3.06. The molecule has 1 heterocycles. The van der Waals surface area contributed by atoms with E-state index in [1.165, 1.54) is 0 Å². The number of imide groups is 1. The van der Waals surface area contributed by atoms with Gasteiger partial charge in [0.1, 0.15) is 10.9 Å². The third-order valence-electron chi connectivity index (χ3n) is 4.28. The van der Waals surface area contributed by atoms with Gasteiger partial charge in [-0.15, -0.1) is 0 Å². The highest BCUT2D eigenvalue weighted by atomic mass is 32.2. The third-order valence-corrected chi connectivity index (χ3v) is 4.84. The Labute approximate surface area is 172 Å². The lowest BCUT2D eigenvalue weighted by molar-refractivity contribution is -0.147. The summed E-state index contributed by atoms with van der Waals surface area (Å²) in [4.78, 5) is 49.5. The van der Waals surface area contributed by atoms with Gasteiger partial charge < -0.3 is 15.4 Å². The van der Waals surface area contributed by atoms with Gasteiger partial charge in [-0.2, -0.15) is 5.26 Å². The Kier molecular flexibility index (Phi) is 6.87. The number of benzene rings is 1. The van der Waals surface area contributed by atoms with E-state index in [0.29, 0.717) is 5.69 Å². The van der Waals surface area contributed by atoms with Crippen LogP contribution in [0.15, 0.2) is 17.0 Å². The molecule has 1 aromatic carbocycles. The summed E-state index contributed by atoms with van der Waals surface area (Å²) in [7, 11) is 0. The van der Waals surface area contributed by atoms with Crippen molar-refractivity contribution in [1.82, 2.24) is 10.2 Å². The molecule has 1 aliphatic rings. The highest BCUT2D eigenvalue weighted by Gasteiger charge is 2.44. The van der Waals surface area contributed by atoms with Gasteiger partial charge in [0.25, 0.3) is 11.8 Å². The molecule has 0 radical (unpaired) electrons. The Bertz CT molecular complexity index is 883. The lowest BCUT2D eigenvalue weighted by Gasteiger charge is -2.15. The summed E-state index contributed by atoms with van der Waals surface area (Å²) in [5, 5.41) is 16.0. The maximum Gasteiger partial charge on any atom is 0.325 e. The minimum Gasteiger partial charge on any atom is -0.456 e. The quantitative estimate of drug-likeness (QED) is 0.300. The van der Waals surface area contributed by atoms with Crippen molar-refractivity contribution in [2.45, 2.75) is 44.6 Å². The monoisotopic (exact) mass is 418 g/mol. The van der Waals surface area contributed by atoms with Gasteiger partial charge in [-0.3, -0.25) is 19.3 Å². The molecule has 154 valence electrons. The van der Waals surface area contributed by atoms with Crippen LogP contribution < -0.4 is 10.6 Å².